The van der Waals surface area contributed by atoms with Gasteiger partial charge in [0.15, 0.2) is 5.82 Å². The molecule has 4 heteroatoms. The minimum Gasteiger partial charge on any atom is -0.232 e. The molecule has 0 aromatic carbocycles. The number of thiophene rings is 1. The van der Waals surface area contributed by atoms with Crippen LogP contribution in [0.4, 0.5) is 0 Å². The highest BCUT2D eigenvalue weighted by molar-refractivity contribution is 7.13. The van der Waals surface area contributed by atoms with E-state index in [0.29, 0.717) is 17.4 Å². The zero-order valence-electron chi connectivity index (χ0n) is 8.90. The van der Waals surface area contributed by atoms with Crippen LogP contribution in [0.25, 0.3) is 10.7 Å². The third-order valence-electron chi connectivity index (χ3n) is 2.25. The Balaban J connectivity index is 2.49. The van der Waals surface area contributed by atoms with E-state index in [1.54, 1.807) is 11.3 Å². The molecule has 0 saturated carbocycles. The smallest absolute Gasteiger partial charge is 0.171 e. The molecule has 0 bridgehead atoms. The zero-order chi connectivity index (χ0) is 11.5. The lowest BCUT2D eigenvalue weighted by Gasteiger charge is -2.06. The van der Waals surface area contributed by atoms with Crippen LogP contribution in [0.2, 0.25) is 5.15 Å². The number of hydrogen-bond donors (Lipinski definition) is 0. The van der Waals surface area contributed by atoms with Gasteiger partial charge in [-0.25, -0.2) is 9.97 Å². The van der Waals surface area contributed by atoms with E-state index in [-0.39, 0.29) is 0 Å². The maximum Gasteiger partial charge on any atom is 0.171 e. The van der Waals surface area contributed by atoms with Crippen LogP contribution in [0.3, 0.4) is 0 Å². The number of rotatable bonds is 3. The summed E-state index contributed by atoms with van der Waals surface area (Å²) in [5.41, 5.74) is 1.88. The fourth-order valence-corrected chi connectivity index (χ4v) is 2.40. The normalized spacial score (nSPS) is 10.4. The summed E-state index contributed by atoms with van der Waals surface area (Å²) in [4.78, 5) is 9.81. The van der Waals surface area contributed by atoms with Crippen LogP contribution < -0.4 is 0 Å². The summed E-state index contributed by atoms with van der Waals surface area (Å²) in [6.07, 6.45) is 2.51. The van der Waals surface area contributed by atoms with Crippen molar-refractivity contribution in [3.05, 3.63) is 46.6 Å². The molecule has 0 N–H and O–H groups in total. The minimum absolute atomic E-state index is 0.524. The standard InChI is InChI=1S/C12H11ClN2S/c1-3-5-9-8(2)14-12(15-11(9)13)10-6-4-7-16-10/h3-4,6-7H,1,5H2,2H3. The summed E-state index contributed by atoms with van der Waals surface area (Å²) >= 11 is 7.74. The summed E-state index contributed by atoms with van der Waals surface area (Å²) in [6, 6.07) is 3.97. The summed E-state index contributed by atoms with van der Waals surface area (Å²) in [7, 11) is 0. The second-order valence-corrected chi connectivity index (χ2v) is 4.68. The Bertz CT molecular complexity index is 483. The van der Waals surface area contributed by atoms with Gasteiger partial charge >= 0.3 is 0 Å². The number of aryl methyl sites for hydroxylation is 1. The van der Waals surface area contributed by atoms with E-state index in [9.17, 15) is 0 Å². The van der Waals surface area contributed by atoms with Crippen molar-refractivity contribution in [2.45, 2.75) is 13.3 Å². The molecule has 82 valence electrons. The molecular weight excluding hydrogens is 240 g/mol. The van der Waals surface area contributed by atoms with Gasteiger partial charge < -0.3 is 0 Å². The zero-order valence-corrected chi connectivity index (χ0v) is 10.5. The topological polar surface area (TPSA) is 25.8 Å². The Morgan fingerprint density at radius 1 is 1.50 bits per heavy atom. The summed E-state index contributed by atoms with van der Waals surface area (Å²) in [5.74, 6) is 0.699. The summed E-state index contributed by atoms with van der Waals surface area (Å²) in [5, 5.41) is 2.52. The van der Waals surface area contributed by atoms with E-state index in [1.807, 2.05) is 30.5 Å². The Hall–Kier alpha value is -1.19. The molecule has 0 unspecified atom stereocenters. The van der Waals surface area contributed by atoms with Crippen molar-refractivity contribution in [3.63, 3.8) is 0 Å². The van der Waals surface area contributed by atoms with E-state index in [4.69, 9.17) is 11.6 Å². The third kappa shape index (κ3) is 2.15. The lowest BCUT2D eigenvalue weighted by atomic mass is 10.2. The van der Waals surface area contributed by atoms with Gasteiger partial charge in [-0.15, -0.1) is 17.9 Å². The average molecular weight is 251 g/mol. The van der Waals surface area contributed by atoms with Crippen molar-refractivity contribution in [1.82, 2.24) is 9.97 Å². The first-order valence-corrected chi connectivity index (χ1v) is 6.16. The number of halogens is 1. The SMILES string of the molecule is C=CCc1c(C)nc(-c2cccs2)nc1Cl. The van der Waals surface area contributed by atoms with Crippen LogP contribution in [-0.4, -0.2) is 9.97 Å². The van der Waals surface area contributed by atoms with E-state index in [1.165, 1.54) is 0 Å². The van der Waals surface area contributed by atoms with Crippen LogP contribution in [0.1, 0.15) is 11.3 Å². The molecule has 0 amide bonds. The van der Waals surface area contributed by atoms with E-state index in [0.717, 1.165) is 16.1 Å². The average Bonchev–Trinajstić information content (AvgIpc) is 2.76. The van der Waals surface area contributed by atoms with Crippen molar-refractivity contribution in [3.8, 4) is 10.7 Å². The highest BCUT2D eigenvalue weighted by atomic mass is 35.5. The van der Waals surface area contributed by atoms with Gasteiger partial charge in [0.05, 0.1) is 4.88 Å². The lowest BCUT2D eigenvalue weighted by molar-refractivity contribution is 1.04. The molecule has 0 fully saturated rings. The molecule has 2 nitrogen and oxygen atoms in total. The first kappa shape index (κ1) is 11.3. The van der Waals surface area contributed by atoms with Gasteiger partial charge in [-0.2, -0.15) is 0 Å². The molecule has 0 aliphatic carbocycles. The number of aromatic nitrogens is 2. The molecule has 2 rings (SSSR count). The maximum absolute atomic E-state index is 6.14. The largest absolute Gasteiger partial charge is 0.232 e. The van der Waals surface area contributed by atoms with E-state index < -0.39 is 0 Å². The number of allylic oxidation sites excluding steroid dienone is 1. The highest BCUT2D eigenvalue weighted by Crippen LogP contribution is 2.25. The molecule has 2 heterocycles. The summed E-state index contributed by atoms with van der Waals surface area (Å²) < 4.78 is 0. The monoisotopic (exact) mass is 250 g/mol. The molecule has 16 heavy (non-hydrogen) atoms. The van der Waals surface area contributed by atoms with Crippen molar-refractivity contribution >= 4 is 22.9 Å². The molecule has 0 spiro atoms. The van der Waals surface area contributed by atoms with E-state index in [2.05, 4.69) is 16.5 Å². The third-order valence-corrected chi connectivity index (χ3v) is 3.43. The molecule has 0 atom stereocenters. The Labute approximate surface area is 104 Å². The minimum atomic E-state index is 0.524. The van der Waals surface area contributed by atoms with Crippen LogP contribution in [0.5, 0.6) is 0 Å². The molecular formula is C12H11ClN2S. The van der Waals surface area contributed by atoms with Crippen molar-refractivity contribution in [2.24, 2.45) is 0 Å². The maximum atomic E-state index is 6.14. The van der Waals surface area contributed by atoms with Gasteiger partial charge in [0.1, 0.15) is 5.15 Å². The van der Waals surface area contributed by atoms with Crippen molar-refractivity contribution in [2.75, 3.05) is 0 Å². The van der Waals surface area contributed by atoms with Crippen LogP contribution >= 0.6 is 22.9 Å². The summed E-state index contributed by atoms with van der Waals surface area (Å²) in [6.45, 7) is 5.65. The Morgan fingerprint density at radius 2 is 2.31 bits per heavy atom. The van der Waals surface area contributed by atoms with Crippen LogP contribution in [-0.2, 0) is 6.42 Å². The lowest BCUT2D eigenvalue weighted by Crippen LogP contribution is -1.98. The van der Waals surface area contributed by atoms with Gasteiger partial charge in [-0.3, -0.25) is 0 Å². The van der Waals surface area contributed by atoms with Crippen LogP contribution in [0, 0.1) is 6.92 Å². The quantitative estimate of drug-likeness (QED) is 0.610. The fraction of sp³-hybridized carbons (Fsp3) is 0.167. The first-order valence-electron chi connectivity index (χ1n) is 4.90. The van der Waals surface area contributed by atoms with Crippen LogP contribution in [0.15, 0.2) is 30.2 Å². The molecule has 0 aliphatic rings. The van der Waals surface area contributed by atoms with Gasteiger partial charge in [0, 0.05) is 11.3 Å². The van der Waals surface area contributed by atoms with E-state index >= 15 is 0 Å². The van der Waals surface area contributed by atoms with Crippen molar-refractivity contribution < 1.29 is 0 Å². The fourth-order valence-electron chi connectivity index (χ4n) is 1.45. The number of hydrogen-bond acceptors (Lipinski definition) is 3. The molecule has 0 radical (unpaired) electrons. The van der Waals surface area contributed by atoms with Gasteiger partial charge in [0.25, 0.3) is 0 Å². The number of nitrogens with zero attached hydrogens (tertiary/aromatic N) is 2. The van der Waals surface area contributed by atoms with Gasteiger partial charge in [-0.05, 0) is 24.8 Å². The Kier molecular flexibility index (Phi) is 3.36. The first-order chi connectivity index (χ1) is 7.72. The second-order valence-electron chi connectivity index (χ2n) is 3.37. The second kappa shape index (κ2) is 4.76. The van der Waals surface area contributed by atoms with Gasteiger partial charge in [0.2, 0.25) is 0 Å². The molecule has 2 aromatic heterocycles. The predicted octanol–water partition coefficient (Wildman–Crippen LogP) is 3.90. The molecule has 0 saturated heterocycles. The van der Waals surface area contributed by atoms with Crippen molar-refractivity contribution in [1.29, 1.82) is 0 Å². The Morgan fingerprint density at radius 3 is 2.88 bits per heavy atom. The molecule has 2 aromatic rings. The molecule has 0 aliphatic heterocycles. The van der Waals surface area contributed by atoms with Gasteiger partial charge in [-0.1, -0.05) is 23.7 Å². The highest BCUT2D eigenvalue weighted by Gasteiger charge is 2.10. The predicted molar refractivity (Wildman–Crippen MR) is 69.0 cm³/mol.